The van der Waals surface area contributed by atoms with Crippen LogP contribution in [-0.4, -0.2) is 121 Å². The van der Waals surface area contributed by atoms with E-state index in [1.807, 2.05) is 55.4 Å². The number of hydrogen-bond acceptors (Lipinski definition) is 12. The smallest absolute Gasteiger partial charge is 0.334 e. The van der Waals surface area contributed by atoms with Crippen LogP contribution in [0, 0.1) is 0 Å². The monoisotopic (exact) mass is 880 g/mol. The fourth-order valence-electron chi connectivity index (χ4n) is 7.43. The molecular formula is C32H80O12Si8. The van der Waals surface area contributed by atoms with Crippen LogP contribution >= 0.6 is 0 Å². The van der Waals surface area contributed by atoms with Crippen molar-refractivity contribution in [1.29, 1.82) is 0 Å². The second-order valence-corrected chi connectivity index (χ2v) is 42.9. The van der Waals surface area contributed by atoms with Crippen LogP contribution < -0.4 is 0 Å². The van der Waals surface area contributed by atoms with Crippen LogP contribution in [0.5, 0.6) is 0 Å². The molecule has 0 aromatic carbocycles. The first kappa shape index (κ1) is 51.3. The molecule has 0 radical (unpaired) electrons. The van der Waals surface area contributed by atoms with Crippen molar-refractivity contribution in [2.75, 3.05) is 52.9 Å². The van der Waals surface area contributed by atoms with E-state index in [1.54, 1.807) is 0 Å². The first-order valence-electron chi connectivity index (χ1n) is 20.1. The molecular weight excluding hydrogens is 801 g/mol. The zero-order valence-electron chi connectivity index (χ0n) is 36.2. The van der Waals surface area contributed by atoms with Crippen LogP contribution in [0.2, 0.25) is 101 Å². The topological polar surface area (TPSA) is 111 Å². The highest BCUT2D eigenvalue weighted by Crippen LogP contribution is 2.44. The lowest BCUT2D eigenvalue weighted by Gasteiger charge is -2.52. The minimum Gasteiger partial charge on any atom is -0.416 e. The molecule has 0 aromatic heterocycles. The van der Waals surface area contributed by atoms with Gasteiger partial charge in [0.05, 0.1) is 0 Å². The average molecular weight is 882 g/mol. The predicted octanol–water partition coefficient (Wildman–Crippen LogP) is 8.93. The van der Waals surface area contributed by atoms with Gasteiger partial charge in [0.25, 0.3) is 0 Å². The first-order chi connectivity index (χ1) is 24.1. The molecule has 0 amide bonds. The molecule has 12 nitrogen and oxygen atoms in total. The summed E-state index contributed by atoms with van der Waals surface area (Å²) in [4.78, 5) is 0. The number of rotatable bonds is 28. The van der Waals surface area contributed by atoms with Crippen LogP contribution in [-0.2, 0) is 51.9 Å². The summed E-state index contributed by atoms with van der Waals surface area (Å²) in [6.45, 7) is 38.4. The fraction of sp³-hybridized carbons (Fsp3) is 1.00. The minimum atomic E-state index is -3.19. The van der Waals surface area contributed by atoms with Crippen LogP contribution in [0.1, 0.15) is 55.4 Å². The van der Waals surface area contributed by atoms with Gasteiger partial charge >= 0.3 is 68.5 Å². The van der Waals surface area contributed by atoms with Crippen molar-refractivity contribution >= 4 is 68.5 Å². The van der Waals surface area contributed by atoms with Gasteiger partial charge in [-0.05, 0) is 156 Å². The Morgan fingerprint density at radius 2 is 0.519 bits per heavy atom. The second-order valence-electron chi connectivity index (χ2n) is 15.0. The summed E-state index contributed by atoms with van der Waals surface area (Å²) in [5.41, 5.74) is 0. The van der Waals surface area contributed by atoms with Crippen molar-refractivity contribution in [2.45, 2.75) is 156 Å². The van der Waals surface area contributed by atoms with E-state index in [-0.39, 0.29) is 0 Å². The van der Waals surface area contributed by atoms with Gasteiger partial charge in [0.15, 0.2) is 0 Å². The summed E-state index contributed by atoms with van der Waals surface area (Å²) >= 11 is 0. The molecule has 0 aromatic rings. The largest absolute Gasteiger partial charge is 0.416 e. The van der Waals surface area contributed by atoms with E-state index in [0.29, 0.717) is 77.0 Å². The molecule has 0 atom stereocenters. The molecule has 0 unspecified atom stereocenters. The molecule has 1 aliphatic rings. The Kier molecular flexibility index (Phi) is 22.7. The maximum Gasteiger partial charge on any atom is 0.334 e. The summed E-state index contributed by atoms with van der Waals surface area (Å²) in [5, 5.41) is 0. The van der Waals surface area contributed by atoms with Crippen molar-refractivity contribution < 1.29 is 51.9 Å². The zero-order valence-corrected chi connectivity index (χ0v) is 44.2. The van der Waals surface area contributed by atoms with Crippen LogP contribution in [0.4, 0.5) is 0 Å². The molecule has 0 bridgehead atoms. The first-order valence-corrected chi connectivity index (χ1v) is 40.2. The third-order valence-electron chi connectivity index (χ3n) is 9.16. The van der Waals surface area contributed by atoms with E-state index in [1.165, 1.54) is 0 Å². The maximum atomic E-state index is 8.01. The summed E-state index contributed by atoms with van der Waals surface area (Å²) in [6, 6.07) is 5.79. The van der Waals surface area contributed by atoms with Gasteiger partial charge in [-0.15, -0.1) is 0 Å². The van der Waals surface area contributed by atoms with Crippen molar-refractivity contribution in [3.63, 3.8) is 0 Å². The molecule has 1 aliphatic heterocycles. The fourth-order valence-corrected chi connectivity index (χ4v) is 47.7. The third-order valence-corrected chi connectivity index (χ3v) is 40.9. The average Bonchev–Trinajstić information content (AvgIpc) is 3.01. The lowest BCUT2D eigenvalue weighted by Crippen LogP contribution is -2.68. The normalized spacial score (nSPS) is 19.4. The highest BCUT2D eigenvalue weighted by molar-refractivity contribution is 6.95. The Bertz CT molecular complexity index is 849. The van der Waals surface area contributed by atoms with Crippen LogP contribution in [0.3, 0.4) is 0 Å². The zero-order chi connectivity index (χ0) is 39.8. The molecule has 0 spiro atoms. The Hall–Kier alpha value is 1.26. The SMILES string of the molecule is CCO[Si](C)(CC[Si]1(CC[Si](C)(OCC)OCC)O[Si](C)(C)O[Si](C)(C)O[Si](CC[Si](C)(OCC)OCC)(CC[Si](C)(OCC)OCC)O1)OCC. The van der Waals surface area contributed by atoms with Gasteiger partial charge in [0.1, 0.15) is 0 Å². The van der Waals surface area contributed by atoms with E-state index in [4.69, 9.17) is 51.9 Å². The Morgan fingerprint density at radius 1 is 0.327 bits per heavy atom. The molecule has 0 N–H and O–H groups in total. The summed E-state index contributed by atoms with van der Waals surface area (Å²) in [6.07, 6.45) is 0. The lowest BCUT2D eigenvalue weighted by atomic mass is 10.9. The summed E-state index contributed by atoms with van der Waals surface area (Å²) in [7, 11) is -22.1. The van der Waals surface area contributed by atoms with E-state index < -0.39 is 68.5 Å². The third kappa shape index (κ3) is 17.8. The van der Waals surface area contributed by atoms with Crippen molar-refractivity contribution in [2.24, 2.45) is 0 Å². The maximum absolute atomic E-state index is 8.01. The summed E-state index contributed by atoms with van der Waals surface area (Å²) < 4.78 is 81.5. The standard InChI is InChI=1S/C32H80O12Si8/c1-17-33-47(13,34-18-2)25-29-51(30-26-48(14,35-19-3)36-20-4)42-45(9,10)41-46(11,12)43-52(44-51,31-27-49(15,37-21-5)38-22-6)32-28-50(16,39-23-7)40-24-8/h17-32H2,1-16H3. The minimum absolute atomic E-state index is 0.597. The van der Waals surface area contributed by atoms with Crippen LogP contribution in [0.15, 0.2) is 0 Å². The molecule has 312 valence electrons. The van der Waals surface area contributed by atoms with Crippen molar-refractivity contribution in [1.82, 2.24) is 0 Å². The van der Waals surface area contributed by atoms with Gasteiger partial charge in [0.2, 0.25) is 0 Å². The Balaban J connectivity index is 4.07. The molecule has 1 fully saturated rings. The summed E-state index contributed by atoms with van der Waals surface area (Å²) in [5.74, 6) is 0. The Labute approximate surface area is 327 Å². The Morgan fingerprint density at radius 3 is 0.692 bits per heavy atom. The van der Waals surface area contributed by atoms with E-state index >= 15 is 0 Å². The van der Waals surface area contributed by atoms with Crippen molar-refractivity contribution in [3.05, 3.63) is 0 Å². The predicted molar refractivity (Wildman–Crippen MR) is 229 cm³/mol. The molecule has 0 saturated carbocycles. The molecule has 1 saturated heterocycles. The highest BCUT2D eigenvalue weighted by Gasteiger charge is 2.60. The molecule has 1 rings (SSSR count). The molecule has 20 heteroatoms. The quantitative estimate of drug-likeness (QED) is 0.0700. The molecule has 1 heterocycles. The van der Waals surface area contributed by atoms with Gasteiger partial charge in [-0.25, -0.2) is 0 Å². The van der Waals surface area contributed by atoms with Gasteiger partial charge in [-0.1, -0.05) is 0 Å². The van der Waals surface area contributed by atoms with Gasteiger partial charge in [0, 0.05) is 52.9 Å². The van der Waals surface area contributed by atoms with E-state index in [9.17, 15) is 0 Å². The second kappa shape index (κ2) is 23.0. The van der Waals surface area contributed by atoms with Gasteiger partial charge in [-0.3, -0.25) is 0 Å². The molecule has 52 heavy (non-hydrogen) atoms. The van der Waals surface area contributed by atoms with Gasteiger partial charge in [-0.2, -0.15) is 0 Å². The van der Waals surface area contributed by atoms with Gasteiger partial charge < -0.3 is 51.9 Å². The van der Waals surface area contributed by atoms with E-state index in [0.717, 1.165) is 24.2 Å². The van der Waals surface area contributed by atoms with E-state index in [2.05, 4.69) is 52.4 Å². The lowest BCUT2D eigenvalue weighted by molar-refractivity contribution is 0.181. The number of hydrogen-bond donors (Lipinski definition) is 0. The van der Waals surface area contributed by atoms with Crippen LogP contribution in [0.25, 0.3) is 0 Å². The highest BCUT2D eigenvalue weighted by atomic mass is 28.5. The molecule has 0 aliphatic carbocycles. The van der Waals surface area contributed by atoms with Crippen molar-refractivity contribution in [3.8, 4) is 0 Å².